The van der Waals surface area contributed by atoms with E-state index in [1.807, 2.05) is 30.3 Å². The van der Waals surface area contributed by atoms with Crippen molar-refractivity contribution in [2.45, 2.75) is 0 Å². The highest BCUT2D eigenvalue weighted by molar-refractivity contribution is 5.90. The molecule has 0 spiro atoms. The SMILES string of the molecule is Fc1ccc(Nc2nc(N3CCN(c4ccc(F)cc4)CC3)nc3c2cnn3-c2ccccc2)cc1. The van der Waals surface area contributed by atoms with Gasteiger partial charge >= 0.3 is 0 Å². The normalized spacial score (nSPS) is 13.8. The van der Waals surface area contributed by atoms with Gasteiger partial charge in [0.05, 0.1) is 17.3 Å². The Morgan fingerprint density at radius 2 is 1.31 bits per heavy atom. The molecule has 1 aliphatic heterocycles. The van der Waals surface area contributed by atoms with Crippen molar-refractivity contribution in [1.82, 2.24) is 19.7 Å². The summed E-state index contributed by atoms with van der Waals surface area (Å²) >= 11 is 0. The van der Waals surface area contributed by atoms with Crippen LogP contribution in [0.2, 0.25) is 0 Å². The lowest BCUT2D eigenvalue weighted by Crippen LogP contribution is -2.47. The zero-order valence-corrected chi connectivity index (χ0v) is 19.4. The average molecular weight is 484 g/mol. The largest absolute Gasteiger partial charge is 0.368 e. The zero-order valence-electron chi connectivity index (χ0n) is 19.4. The van der Waals surface area contributed by atoms with E-state index in [1.165, 1.54) is 24.3 Å². The molecule has 0 unspecified atom stereocenters. The molecule has 2 aromatic heterocycles. The molecule has 3 heterocycles. The smallest absolute Gasteiger partial charge is 0.229 e. The fraction of sp³-hybridized carbons (Fsp3) is 0.148. The van der Waals surface area contributed by atoms with Crippen LogP contribution in [-0.2, 0) is 0 Å². The maximum Gasteiger partial charge on any atom is 0.229 e. The number of anilines is 4. The van der Waals surface area contributed by atoms with Crippen molar-refractivity contribution in [2.24, 2.45) is 0 Å². The standard InChI is InChI=1S/C27H23F2N7/c28-19-6-10-21(11-7-19)31-25-24-18-30-36(23-4-2-1-3-5-23)26(24)33-27(32-25)35-16-14-34(15-17-35)22-12-8-20(29)9-13-22/h1-13,18H,14-17H2,(H,31,32,33). The lowest BCUT2D eigenvalue weighted by molar-refractivity contribution is 0.623. The van der Waals surface area contributed by atoms with Crippen LogP contribution in [0.5, 0.6) is 0 Å². The van der Waals surface area contributed by atoms with E-state index in [-0.39, 0.29) is 11.6 Å². The van der Waals surface area contributed by atoms with Crippen molar-refractivity contribution >= 4 is 34.2 Å². The third-order valence-corrected chi connectivity index (χ3v) is 6.28. The van der Waals surface area contributed by atoms with Crippen LogP contribution >= 0.6 is 0 Å². The highest BCUT2D eigenvalue weighted by atomic mass is 19.1. The van der Waals surface area contributed by atoms with E-state index in [1.54, 1.807) is 35.1 Å². The molecular formula is C27H23F2N7. The van der Waals surface area contributed by atoms with Gasteiger partial charge in [-0.1, -0.05) is 18.2 Å². The molecule has 7 nitrogen and oxygen atoms in total. The third-order valence-electron chi connectivity index (χ3n) is 6.28. The summed E-state index contributed by atoms with van der Waals surface area (Å²) in [6, 6.07) is 22.5. The molecule has 180 valence electrons. The Kier molecular flexibility index (Phi) is 5.65. The van der Waals surface area contributed by atoms with Gasteiger partial charge < -0.3 is 15.1 Å². The Morgan fingerprint density at radius 3 is 2.00 bits per heavy atom. The predicted octanol–water partition coefficient (Wildman–Crippen LogP) is 5.16. The first-order chi connectivity index (χ1) is 17.6. The second-order valence-corrected chi connectivity index (χ2v) is 8.58. The number of aromatic nitrogens is 4. The van der Waals surface area contributed by atoms with Gasteiger partial charge in [-0.2, -0.15) is 15.1 Å². The Balaban J connectivity index is 1.35. The number of benzene rings is 3. The van der Waals surface area contributed by atoms with Crippen LogP contribution in [0.4, 0.5) is 31.9 Å². The van der Waals surface area contributed by atoms with E-state index in [4.69, 9.17) is 9.97 Å². The average Bonchev–Trinajstić information content (AvgIpc) is 3.35. The van der Waals surface area contributed by atoms with Gasteiger partial charge in [-0.15, -0.1) is 0 Å². The van der Waals surface area contributed by atoms with Crippen LogP contribution in [-0.4, -0.2) is 45.9 Å². The lowest BCUT2D eigenvalue weighted by atomic mass is 10.2. The number of hydrogen-bond donors (Lipinski definition) is 1. The number of nitrogens with one attached hydrogen (secondary N) is 1. The molecule has 6 rings (SSSR count). The molecule has 1 aliphatic rings. The Morgan fingerprint density at radius 1 is 0.667 bits per heavy atom. The fourth-order valence-electron chi connectivity index (χ4n) is 4.38. The van der Waals surface area contributed by atoms with E-state index < -0.39 is 0 Å². The Hall–Kier alpha value is -4.53. The van der Waals surface area contributed by atoms with Gasteiger partial charge in [0.2, 0.25) is 5.95 Å². The first-order valence-electron chi connectivity index (χ1n) is 11.7. The molecule has 0 radical (unpaired) electrons. The molecule has 1 N–H and O–H groups in total. The minimum absolute atomic E-state index is 0.240. The van der Waals surface area contributed by atoms with Crippen molar-refractivity contribution in [3.05, 3.63) is 96.7 Å². The molecule has 1 saturated heterocycles. The van der Waals surface area contributed by atoms with Crippen molar-refractivity contribution in [1.29, 1.82) is 0 Å². The molecular weight excluding hydrogens is 460 g/mol. The monoisotopic (exact) mass is 483 g/mol. The summed E-state index contributed by atoms with van der Waals surface area (Å²) in [6.45, 7) is 2.92. The van der Waals surface area contributed by atoms with Gasteiger partial charge in [0, 0.05) is 37.6 Å². The van der Waals surface area contributed by atoms with Crippen LogP contribution in [0.3, 0.4) is 0 Å². The molecule has 0 atom stereocenters. The molecule has 0 saturated carbocycles. The number of nitrogens with zero attached hydrogens (tertiary/aromatic N) is 6. The molecule has 1 fully saturated rings. The summed E-state index contributed by atoms with van der Waals surface area (Å²) in [5.41, 5.74) is 3.28. The number of fused-ring (bicyclic) bond motifs is 1. The van der Waals surface area contributed by atoms with Gasteiger partial charge in [0.15, 0.2) is 5.65 Å². The summed E-state index contributed by atoms with van der Waals surface area (Å²) < 4.78 is 28.6. The van der Waals surface area contributed by atoms with E-state index in [2.05, 4.69) is 20.2 Å². The van der Waals surface area contributed by atoms with Crippen molar-refractivity contribution in [3.8, 4) is 5.69 Å². The second-order valence-electron chi connectivity index (χ2n) is 8.58. The minimum atomic E-state index is -0.301. The quantitative estimate of drug-likeness (QED) is 0.373. The Labute approximate surface area is 206 Å². The number of halogens is 2. The molecule has 0 aliphatic carbocycles. The molecule has 3 aromatic carbocycles. The fourth-order valence-corrected chi connectivity index (χ4v) is 4.38. The summed E-state index contributed by atoms with van der Waals surface area (Å²) in [5, 5.41) is 8.66. The van der Waals surface area contributed by atoms with Crippen molar-refractivity contribution in [2.75, 3.05) is 41.3 Å². The first kappa shape index (κ1) is 22.0. The molecule has 36 heavy (non-hydrogen) atoms. The minimum Gasteiger partial charge on any atom is -0.368 e. The van der Waals surface area contributed by atoms with E-state index in [9.17, 15) is 8.78 Å². The highest BCUT2D eigenvalue weighted by Crippen LogP contribution is 2.29. The molecule has 5 aromatic rings. The third kappa shape index (κ3) is 4.31. The zero-order chi connectivity index (χ0) is 24.5. The van der Waals surface area contributed by atoms with Gasteiger partial charge in [0.1, 0.15) is 17.5 Å². The summed E-state index contributed by atoms with van der Waals surface area (Å²) in [5.74, 6) is 0.647. The lowest BCUT2D eigenvalue weighted by Gasteiger charge is -2.36. The van der Waals surface area contributed by atoms with E-state index >= 15 is 0 Å². The van der Waals surface area contributed by atoms with Crippen molar-refractivity contribution < 1.29 is 8.78 Å². The number of hydrogen-bond acceptors (Lipinski definition) is 6. The number of rotatable bonds is 5. The van der Waals surface area contributed by atoms with E-state index in [0.717, 1.165) is 35.5 Å². The van der Waals surface area contributed by atoms with Crippen molar-refractivity contribution in [3.63, 3.8) is 0 Å². The number of para-hydroxylation sites is 1. The van der Waals surface area contributed by atoms with Crippen LogP contribution in [0.1, 0.15) is 0 Å². The maximum atomic E-state index is 13.5. The summed E-state index contributed by atoms with van der Waals surface area (Å²) in [4.78, 5) is 14.1. The van der Waals surface area contributed by atoms with Gasteiger partial charge in [-0.05, 0) is 60.7 Å². The number of piperazine rings is 1. The van der Waals surface area contributed by atoms with Gasteiger partial charge in [0.25, 0.3) is 0 Å². The topological polar surface area (TPSA) is 62.1 Å². The Bertz CT molecular complexity index is 1480. The summed E-state index contributed by atoms with van der Waals surface area (Å²) in [6.07, 6.45) is 1.74. The van der Waals surface area contributed by atoms with E-state index in [0.29, 0.717) is 30.5 Å². The second kappa shape index (κ2) is 9.26. The maximum absolute atomic E-state index is 13.5. The molecule has 0 amide bonds. The summed E-state index contributed by atoms with van der Waals surface area (Å²) in [7, 11) is 0. The highest BCUT2D eigenvalue weighted by Gasteiger charge is 2.22. The van der Waals surface area contributed by atoms with Crippen LogP contribution in [0.25, 0.3) is 16.7 Å². The van der Waals surface area contributed by atoms with Crippen LogP contribution in [0, 0.1) is 11.6 Å². The first-order valence-corrected chi connectivity index (χ1v) is 11.7. The molecule has 9 heteroatoms. The van der Waals surface area contributed by atoms with Gasteiger partial charge in [-0.25, -0.2) is 13.5 Å². The molecule has 0 bridgehead atoms. The van der Waals surface area contributed by atoms with Crippen LogP contribution < -0.4 is 15.1 Å². The predicted molar refractivity (Wildman–Crippen MR) is 137 cm³/mol. The van der Waals surface area contributed by atoms with Gasteiger partial charge in [-0.3, -0.25) is 0 Å². The van der Waals surface area contributed by atoms with Crippen LogP contribution in [0.15, 0.2) is 85.1 Å².